The van der Waals surface area contributed by atoms with Crippen LogP contribution < -0.4 is 5.32 Å². The molecule has 3 aromatic rings. The van der Waals surface area contributed by atoms with Crippen molar-refractivity contribution in [3.63, 3.8) is 0 Å². The van der Waals surface area contributed by atoms with Crippen LogP contribution in [0, 0.1) is 0 Å². The Morgan fingerprint density at radius 3 is 2.28 bits per heavy atom. The molecule has 1 saturated carbocycles. The van der Waals surface area contributed by atoms with Crippen LogP contribution in [0.3, 0.4) is 0 Å². The van der Waals surface area contributed by atoms with Gasteiger partial charge in [-0.1, -0.05) is 89.4 Å². The highest BCUT2D eigenvalue weighted by Gasteiger charge is 2.32. The SMILES string of the molecule is O=C(NC1CCCC1)C(Cc1ccccc1)N(Cc1cccc(Br)c1)C(=O)CCSc1ccccc1. The molecule has 6 heteroatoms. The molecular weight excluding hydrogens is 532 g/mol. The maximum atomic E-state index is 13.7. The number of nitrogens with zero attached hydrogens (tertiary/aromatic N) is 1. The first-order valence-electron chi connectivity index (χ1n) is 12.6. The standard InChI is InChI=1S/C30H33BrN2O2S/c31-25-13-9-12-24(20-25)22-33(29(34)18-19-36-27-16-5-2-6-17-27)28(21-23-10-3-1-4-11-23)30(35)32-26-14-7-8-15-26/h1-6,9-13,16-17,20,26,28H,7-8,14-15,18-19,21-22H2,(H,32,35). The van der Waals surface area contributed by atoms with Gasteiger partial charge in [0, 0.05) is 40.5 Å². The van der Waals surface area contributed by atoms with Crippen molar-refractivity contribution in [3.05, 3.63) is 101 Å². The van der Waals surface area contributed by atoms with E-state index in [1.165, 1.54) is 0 Å². The number of hydrogen-bond donors (Lipinski definition) is 1. The third-order valence-corrected chi connectivity index (χ3v) is 8.05. The fourth-order valence-electron chi connectivity index (χ4n) is 4.67. The van der Waals surface area contributed by atoms with Crippen LogP contribution in [0.4, 0.5) is 0 Å². The van der Waals surface area contributed by atoms with E-state index in [2.05, 4.69) is 33.4 Å². The van der Waals surface area contributed by atoms with E-state index in [-0.39, 0.29) is 17.9 Å². The molecule has 1 aliphatic rings. The Morgan fingerprint density at radius 2 is 1.58 bits per heavy atom. The van der Waals surface area contributed by atoms with Gasteiger partial charge in [0.2, 0.25) is 11.8 Å². The average Bonchev–Trinajstić information content (AvgIpc) is 3.40. The third-order valence-electron chi connectivity index (χ3n) is 6.54. The summed E-state index contributed by atoms with van der Waals surface area (Å²) in [5.41, 5.74) is 2.05. The first-order valence-corrected chi connectivity index (χ1v) is 14.4. The number of hydrogen-bond acceptors (Lipinski definition) is 3. The summed E-state index contributed by atoms with van der Waals surface area (Å²) >= 11 is 5.22. The minimum absolute atomic E-state index is 0.000842. The summed E-state index contributed by atoms with van der Waals surface area (Å²) in [6.07, 6.45) is 5.17. The van der Waals surface area contributed by atoms with E-state index < -0.39 is 6.04 Å². The number of thioether (sulfide) groups is 1. The molecule has 2 amide bonds. The summed E-state index contributed by atoms with van der Waals surface area (Å²) in [5.74, 6) is 0.617. The van der Waals surface area contributed by atoms with E-state index in [0.717, 1.165) is 46.2 Å². The fraction of sp³-hybridized carbons (Fsp3) is 0.333. The van der Waals surface area contributed by atoms with Gasteiger partial charge in [0.1, 0.15) is 6.04 Å². The Bertz CT molecular complexity index is 1120. The number of rotatable bonds is 11. The highest BCUT2D eigenvalue weighted by molar-refractivity contribution is 9.10. The first kappa shape index (κ1) is 26.5. The molecule has 0 heterocycles. The zero-order valence-electron chi connectivity index (χ0n) is 20.4. The second kappa shape index (κ2) is 13.7. The largest absolute Gasteiger partial charge is 0.352 e. The number of nitrogens with one attached hydrogen (secondary N) is 1. The summed E-state index contributed by atoms with van der Waals surface area (Å²) in [6.45, 7) is 0.393. The molecule has 1 fully saturated rings. The second-order valence-electron chi connectivity index (χ2n) is 9.26. The summed E-state index contributed by atoms with van der Waals surface area (Å²) in [4.78, 5) is 30.3. The van der Waals surface area contributed by atoms with Crippen LogP contribution in [-0.2, 0) is 22.6 Å². The highest BCUT2D eigenvalue weighted by Crippen LogP contribution is 2.23. The number of halogens is 1. The van der Waals surface area contributed by atoms with Gasteiger partial charge in [-0.15, -0.1) is 11.8 Å². The molecule has 3 aromatic carbocycles. The lowest BCUT2D eigenvalue weighted by atomic mass is 10.0. The molecular formula is C30H33BrN2O2S. The topological polar surface area (TPSA) is 49.4 Å². The van der Waals surface area contributed by atoms with Crippen molar-refractivity contribution in [2.45, 2.75) is 62.0 Å². The van der Waals surface area contributed by atoms with Crippen molar-refractivity contribution < 1.29 is 9.59 Å². The van der Waals surface area contributed by atoms with Gasteiger partial charge < -0.3 is 10.2 Å². The minimum Gasteiger partial charge on any atom is -0.352 e. The fourth-order valence-corrected chi connectivity index (χ4v) is 5.98. The van der Waals surface area contributed by atoms with E-state index in [0.29, 0.717) is 25.1 Å². The van der Waals surface area contributed by atoms with Gasteiger partial charge in [-0.3, -0.25) is 9.59 Å². The quantitative estimate of drug-likeness (QED) is 0.266. The Balaban J connectivity index is 1.56. The molecule has 0 spiro atoms. The Kier molecular flexibility index (Phi) is 10.1. The summed E-state index contributed by atoms with van der Waals surface area (Å²) in [6, 6.07) is 27.7. The Hall–Kier alpha value is -2.57. The van der Waals surface area contributed by atoms with Crippen LogP contribution in [0.1, 0.15) is 43.2 Å². The van der Waals surface area contributed by atoms with Crippen LogP contribution in [0.5, 0.6) is 0 Å². The molecule has 4 rings (SSSR count). The summed E-state index contributed by atoms with van der Waals surface area (Å²) in [7, 11) is 0. The van der Waals surface area contributed by atoms with Gasteiger partial charge in [0.05, 0.1) is 0 Å². The predicted molar refractivity (Wildman–Crippen MR) is 151 cm³/mol. The number of carbonyl (C=O) groups is 2. The molecule has 36 heavy (non-hydrogen) atoms. The molecule has 0 aliphatic heterocycles. The predicted octanol–water partition coefficient (Wildman–Crippen LogP) is 6.63. The molecule has 1 unspecified atom stereocenters. The van der Waals surface area contributed by atoms with E-state index in [4.69, 9.17) is 0 Å². The van der Waals surface area contributed by atoms with Crippen molar-refractivity contribution in [2.24, 2.45) is 0 Å². The number of benzene rings is 3. The molecule has 0 bridgehead atoms. The average molecular weight is 566 g/mol. The molecule has 1 aliphatic carbocycles. The molecule has 4 nitrogen and oxygen atoms in total. The zero-order chi connectivity index (χ0) is 25.2. The van der Waals surface area contributed by atoms with E-state index in [9.17, 15) is 9.59 Å². The maximum absolute atomic E-state index is 13.7. The van der Waals surface area contributed by atoms with Crippen LogP contribution >= 0.6 is 27.7 Å². The van der Waals surface area contributed by atoms with Crippen LogP contribution in [0.25, 0.3) is 0 Å². The monoisotopic (exact) mass is 564 g/mol. The normalized spacial score (nSPS) is 14.4. The van der Waals surface area contributed by atoms with Crippen molar-refractivity contribution in [1.29, 1.82) is 0 Å². The van der Waals surface area contributed by atoms with Gasteiger partial charge in [-0.05, 0) is 48.2 Å². The second-order valence-corrected chi connectivity index (χ2v) is 11.3. The van der Waals surface area contributed by atoms with Gasteiger partial charge in [0.15, 0.2) is 0 Å². The lowest BCUT2D eigenvalue weighted by molar-refractivity contribution is -0.141. The smallest absolute Gasteiger partial charge is 0.243 e. The summed E-state index contributed by atoms with van der Waals surface area (Å²) in [5, 5.41) is 3.27. The Labute approximate surface area is 227 Å². The maximum Gasteiger partial charge on any atom is 0.243 e. The number of carbonyl (C=O) groups excluding carboxylic acids is 2. The lowest BCUT2D eigenvalue weighted by Crippen LogP contribution is -2.52. The minimum atomic E-state index is -0.568. The molecule has 188 valence electrons. The Morgan fingerprint density at radius 1 is 0.917 bits per heavy atom. The van der Waals surface area contributed by atoms with Gasteiger partial charge in [-0.25, -0.2) is 0 Å². The molecule has 0 aromatic heterocycles. The lowest BCUT2D eigenvalue weighted by Gasteiger charge is -2.32. The molecule has 0 saturated heterocycles. The van der Waals surface area contributed by atoms with E-state index in [1.807, 2.05) is 72.8 Å². The zero-order valence-corrected chi connectivity index (χ0v) is 22.8. The van der Waals surface area contributed by atoms with Crippen LogP contribution in [0.15, 0.2) is 94.3 Å². The molecule has 1 atom stereocenters. The van der Waals surface area contributed by atoms with Crippen LogP contribution in [-0.4, -0.2) is 34.6 Å². The summed E-state index contributed by atoms with van der Waals surface area (Å²) < 4.78 is 0.960. The highest BCUT2D eigenvalue weighted by atomic mass is 79.9. The van der Waals surface area contributed by atoms with Gasteiger partial charge in [-0.2, -0.15) is 0 Å². The van der Waals surface area contributed by atoms with Crippen LogP contribution in [0.2, 0.25) is 0 Å². The van der Waals surface area contributed by atoms with E-state index >= 15 is 0 Å². The van der Waals surface area contributed by atoms with Crippen molar-refractivity contribution in [3.8, 4) is 0 Å². The van der Waals surface area contributed by atoms with Crippen molar-refractivity contribution in [2.75, 3.05) is 5.75 Å². The number of amides is 2. The van der Waals surface area contributed by atoms with Crippen molar-refractivity contribution in [1.82, 2.24) is 10.2 Å². The van der Waals surface area contributed by atoms with Crippen molar-refractivity contribution >= 4 is 39.5 Å². The van der Waals surface area contributed by atoms with Gasteiger partial charge in [0.25, 0.3) is 0 Å². The first-order chi connectivity index (χ1) is 17.6. The van der Waals surface area contributed by atoms with E-state index in [1.54, 1.807) is 16.7 Å². The third kappa shape index (κ3) is 7.97. The molecule has 0 radical (unpaired) electrons. The molecule has 1 N–H and O–H groups in total. The van der Waals surface area contributed by atoms with Gasteiger partial charge >= 0.3 is 0 Å².